The highest BCUT2D eigenvalue weighted by molar-refractivity contribution is 5.96. The lowest BCUT2D eigenvalue weighted by Gasteiger charge is -2.60. The molecule has 0 unspecified atom stereocenters. The van der Waals surface area contributed by atoms with Gasteiger partial charge in [0, 0.05) is 50.4 Å². The van der Waals surface area contributed by atoms with E-state index in [4.69, 9.17) is 4.74 Å². The number of hydrogen-bond acceptors (Lipinski definition) is 5. The molecule has 2 heterocycles. The molecule has 0 aromatic carbocycles. The molecule has 4 aliphatic carbocycles. The molecule has 1 spiro atoms. The van der Waals surface area contributed by atoms with Gasteiger partial charge >= 0.3 is 0 Å². The van der Waals surface area contributed by atoms with Crippen molar-refractivity contribution in [2.45, 2.75) is 110 Å². The van der Waals surface area contributed by atoms with Crippen LogP contribution in [0.1, 0.15) is 91.9 Å². The van der Waals surface area contributed by atoms with Crippen LogP contribution in [0, 0.1) is 52.3 Å². The van der Waals surface area contributed by atoms with Gasteiger partial charge in [0.15, 0.2) is 0 Å². The molecule has 0 bridgehead atoms. The van der Waals surface area contributed by atoms with E-state index >= 15 is 0 Å². The third kappa shape index (κ3) is 4.14. The van der Waals surface area contributed by atoms with Crippen molar-refractivity contribution in [1.82, 2.24) is 15.5 Å². The van der Waals surface area contributed by atoms with Crippen LogP contribution >= 0.6 is 0 Å². The summed E-state index contributed by atoms with van der Waals surface area (Å²) < 4.78 is 6.95. The summed E-state index contributed by atoms with van der Waals surface area (Å²) in [4.78, 5) is 40.3. The molecular weight excluding hydrogens is 490 g/mol. The Labute approximate surface area is 234 Å². The number of hydrogen-bond donors (Lipinski definition) is 2. The van der Waals surface area contributed by atoms with Gasteiger partial charge in [-0.25, -0.2) is 0 Å². The summed E-state index contributed by atoms with van der Waals surface area (Å²) in [6.45, 7) is 10.5. The molecule has 12 atom stereocenters. The molecule has 4 saturated carbocycles. The Morgan fingerprint density at radius 1 is 1.05 bits per heavy atom. The fraction of sp³-hybridized carbons (Fsp3) is 0.906. The van der Waals surface area contributed by atoms with E-state index in [0.29, 0.717) is 53.6 Å². The summed E-state index contributed by atoms with van der Waals surface area (Å²) in [5.41, 5.74) is -0.365. The Bertz CT molecular complexity index is 1020. The number of ketones is 1. The van der Waals surface area contributed by atoms with E-state index in [1.165, 1.54) is 24.2 Å². The molecular formula is C32H51N3O4. The minimum absolute atomic E-state index is 0.0798. The van der Waals surface area contributed by atoms with Gasteiger partial charge in [0.2, 0.25) is 11.8 Å². The second-order valence-corrected chi connectivity index (χ2v) is 15.2. The van der Waals surface area contributed by atoms with Gasteiger partial charge in [0.05, 0.1) is 6.10 Å². The molecule has 218 valence electrons. The van der Waals surface area contributed by atoms with E-state index in [1.807, 2.05) is 0 Å². The van der Waals surface area contributed by atoms with E-state index in [2.05, 4.69) is 38.3 Å². The molecule has 2 saturated heterocycles. The Balaban J connectivity index is 1.16. The van der Waals surface area contributed by atoms with E-state index < -0.39 is 0 Å². The number of rotatable bonds is 3. The number of carbonyl (C=O) groups excluding carboxylic acids is 3. The summed E-state index contributed by atoms with van der Waals surface area (Å²) in [6.07, 6.45) is 9.44. The van der Waals surface area contributed by atoms with Crippen LogP contribution in [-0.2, 0) is 19.1 Å². The standard InChI is InChI=1S/C32H51N3O4/c1-18-9-12-32(33-17-18)19(2)29-25(39-32)14-24-22-8-7-20-13-21(34-27(37)16-28(38)35(5)6)10-11-30(20,3)23(22)15-26(36)31(24,29)4/h18-25,29,33H,7-17H2,1-6H3,(H,34,37)/t18-,19+,20+,21+,22-,23+,24+,25+,29+,30+,31-,32-/m1/s1. The number of amides is 2. The first-order chi connectivity index (χ1) is 18.4. The van der Waals surface area contributed by atoms with E-state index in [-0.39, 0.29) is 46.9 Å². The maximum atomic E-state index is 14.3. The lowest BCUT2D eigenvalue weighted by molar-refractivity contribution is -0.160. The summed E-state index contributed by atoms with van der Waals surface area (Å²) in [5, 5.41) is 6.96. The van der Waals surface area contributed by atoms with Crippen molar-refractivity contribution in [3.05, 3.63) is 0 Å². The quantitative estimate of drug-likeness (QED) is 0.524. The molecule has 39 heavy (non-hydrogen) atoms. The zero-order valence-corrected chi connectivity index (χ0v) is 25.1. The second-order valence-electron chi connectivity index (χ2n) is 15.2. The van der Waals surface area contributed by atoms with Crippen LogP contribution < -0.4 is 10.6 Å². The Kier molecular flexibility index (Phi) is 6.77. The molecule has 0 radical (unpaired) electrons. The number of nitrogens with zero attached hydrogens (tertiary/aromatic N) is 1. The maximum Gasteiger partial charge on any atom is 0.231 e. The first kappa shape index (κ1) is 27.7. The number of carbonyl (C=O) groups is 3. The monoisotopic (exact) mass is 541 g/mol. The van der Waals surface area contributed by atoms with Gasteiger partial charge in [-0.15, -0.1) is 0 Å². The van der Waals surface area contributed by atoms with Crippen molar-refractivity contribution in [2.24, 2.45) is 52.3 Å². The zero-order chi connectivity index (χ0) is 27.9. The van der Waals surface area contributed by atoms with Crippen LogP contribution in [0.15, 0.2) is 0 Å². The van der Waals surface area contributed by atoms with Gasteiger partial charge in [-0.1, -0.05) is 27.7 Å². The van der Waals surface area contributed by atoms with Gasteiger partial charge in [0.25, 0.3) is 0 Å². The Morgan fingerprint density at radius 3 is 2.51 bits per heavy atom. The van der Waals surface area contributed by atoms with Crippen LogP contribution in [0.2, 0.25) is 0 Å². The van der Waals surface area contributed by atoms with Crippen molar-refractivity contribution in [2.75, 3.05) is 20.6 Å². The van der Waals surface area contributed by atoms with Crippen LogP contribution in [0.4, 0.5) is 0 Å². The van der Waals surface area contributed by atoms with Gasteiger partial charge < -0.3 is 15.0 Å². The fourth-order valence-corrected chi connectivity index (χ4v) is 10.8. The van der Waals surface area contributed by atoms with Crippen molar-refractivity contribution in [1.29, 1.82) is 0 Å². The molecule has 0 aromatic heterocycles. The third-order valence-corrected chi connectivity index (χ3v) is 13.2. The average molecular weight is 542 g/mol. The molecule has 0 aromatic rings. The topological polar surface area (TPSA) is 87.7 Å². The summed E-state index contributed by atoms with van der Waals surface area (Å²) in [5.74, 6) is 3.52. The SMILES string of the molecule is C[C@@H]1CC[C@@]2(NC1)O[C@H]1C[C@H]3[C@@H]4CC[C@H]5C[C@@H](NC(=O)CC(=O)N(C)C)CC[C@]5(C)[C@H]4CC(=O)[C@]3(C)[C@H]1[C@@H]2C. The van der Waals surface area contributed by atoms with Crippen LogP contribution in [-0.4, -0.2) is 61.0 Å². The molecule has 2 amide bonds. The first-order valence-corrected chi connectivity index (χ1v) is 15.8. The van der Waals surface area contributed by atoms with Gasteiger partial charge in [-0.05, 0) is 86.4 Å². The lowest BCUT2D eigenvalue weighted by Crippen LogP contribution is -2.60. The number of ether oxygens (including phenoxy) is 1. The maximum absolute atomic E-state index is 14.3. The van der Waals surface area contributed by atoms with Crippen LogP contribution in [0.3, 0.4) is 0 Å². The predicted molar refractivity (Wildman–Crippen MR) is 149 cm³/mol. The molecule has 6 aliphatic rings. The number of nitrogens with one attached hydrogen (secondary N) is 2. The smallest absolute Gasteiger partial charge is 0.231 e. The number of Topliss-reactive ketones (excluding diaryl/α,β-unsaturated/α-hetero) is 1. The van der Waals surface area contributed by atoms with Gasteiger partial charge in [0.1, 0.15) is 17.9 Å². The minimum Gasteiger partial charge on any atom is -0.357 e. The number of piperidine rings is 1. The number of fused-ring (bicyclic) bond motifs is 7. The molecule has 7 heteroatoms. The molecule has 6 fully saturated rings. The van der Waals surface area contributed by atoms with E-state index in [9.17, 15) is 14.4 Å². The van der Waals surface area contributed by atoms with Crippen LogP contribution in [0.5, 0.6) is 0 Å². The molecule has 2 aliphatic heterocycles. The first-order valence-electron chi connectivity index (χ1n) is 15.8. The molecule has 6 rings (SSSR count). The average Bonchev–Trinajstić information content (AvgIpc) is 3.33. The van der Waals surface area contributed by atoms with Crippen LogP contribution in [0.25, 0.3) is 0 Å². The van der Waals surface area contributed by atoms with Gasteiger partial charge in [-0.2, -0.15) is 0 Å². The van der Waals surface area contributed by atoms with Gasteiger partial charge in [-0.3, -0.25) is 19.7 Å². The van der Waals surface area contributed by atoms with Crippen molar-refractivity contribution >= 4 is 17.6 Å². The highest BCUT2D eigenvalue weighted by Gasteiger charge is 2.71. The Hall–Kier alpha value is -1.47. The Morgan fingerprint density at radius 2 is 1.82 bits per heavy atom. The lowest BCUT2D eigenvalue weighted by atomic mass is 9.44. The van der Waals surface area contributed by atoms with Crippen molar-refractivity contribution in [3.63, 3.8) is 0 Å². The summed E-state index contributed by atoms with van der Waals surface area (Å²) in [6, 6.07) is 0.133. The summed E-state index contributed by atoms with van der Waals surface area (Å²) >= 11 is 0. The fourth-order valence-electron chi connectivity index (χ4n) is 10.8. The zero-order valence-electron chi connectivity index (χ0n) is 25.1. The normalized spacial score (nSPS) is 50.5. The molecule has 2 N–H and O–H groups in total. The summed E-state index contributed by atoms with van der Waals surface area (Å²) in [7, 11) is 3.37. The van der Waals surface area contributed by atoms with E-state index in [0.717, 1.165) is 38.6 Å². The predicted octanol–water partition coefficient (Wildman–Crippen LogP) is 4.15. The molecule has 7 nitrogen and oxygen atoms in total. The highest BCUT2D eigenvalue weighted by atomic mass is 16.5. The van der Waals surface area contributed by atoms with E-state index in [1.54, 1.807) is 14.1 Å². The van der Waals surface area contributed by atoms with Crippen molar-refractivity contribution in [3.8, 4) is 0 Å². The largest absolute Gasteiger partial charge is 0.357 e. The second kappa shape index (κ2) is 9.54. The third-order valence-electron chi connectivity index (χ3n) is 13.2. The highest BCUT2D eigenvalue weighted by Crippen LogP contribution is 2.70. The minimum atomic E-state index is -0.271. The van der Waals surface area contributed by atoms with Crippen molar-refractivity contribution < 1.29 is 19.1 Å².